The second-order valence-corrected chi connectivity index (χ2v) is 6.33. The molecule has 1 fully saturated rings. The minimum atomic E-state index is -0.409. The normalized spacial score (nSPS) is 30.1. The summed E-state index contributed by atoms with van der Waals surface area (Å²) in [4.78, 5) is 12.4. The molecule has 1 heterocycles. The third-order valence-electron chi connectivity index (χ3n) is 4.85. The van der Waals surface area contributed by atoms with Gasteiger partial charge in [-0.3, -0.25) is 4.79 Å². The smallest absolute Gasteiger partial charge is 0.314 e. The molecule has 0 spiro atoms. The van der Waals surface area contributed by atoms with Gasteiger partial charge >= 0.3 is 5.97 Å². The molecule has 0 saturated carbocycles. The molecule has 3 nitrogen and oxygen atoms in total. The van der Waals surface area contributed by atoms with Crippen LogP contribution in [0.25, 0.3) is 0 Å². The Morgan fingerprint density at radius 1 is 1.32 bits per heavy atom. The molecule has 0 aromatic rings. The van der Waals surface area contributed by atoms with E-state index in [1.54, 1.807) is 0 Å². The van der Waals surface area contributed by atoms with E-state index in [4.69, 9.17) is 9.47 Å². The SMILES string of the molecule is CCC(C)CC1COCC1(CC(C)CC)C(=O)OC. The lowest BCUT2D eigenvalue weighted by molar-refractivity contribution is -0.156. The summed E-state index contributed by atoms with van der Waals surface area (Å²) in [6.45, 7) is 10.1. The summed E-state index contributed by atoms with van der Waals surface area (Å²) in [5.41, 5.74) is -0.409. The molecule has 19 heavy (non-hydrogen) atoms. The van der Waals surface area contributed by atoms with E-state index >= 15 is 0 Å². The molecular formula is C16H30O3. The molecule has 1 aliphatic heterocycles. The number of rotatable bonds is 7. The van der Waals surface area contributed by atoms with Crippen molar-refractivity contribution in [3.8, 4) is 0 Å². The third kappa shape index (κ3) is 3.71. The molecule has 1 aliphatic rings. The molecule has 0 aromatic carbocycles. The van der Waals surface area contributed by atoms with Crippen molar-refractivity contribution in [2.45, 2.75) is 53.4 Å². The van der Waals surface area contributed by atoms with E-state index in [0.29, 0.717) is 31.0 Å². The predicted molar refractivity (Wildman–Crippen MR) is 76.9 cm³/mol. The first-order valence-electron chi connectivity index (χ1n) is 7.66. The van der Waals surface area contributed by atoms with Gasteiger partial charge in [-0.25, -0.2) is 0 Å². The van der Waals surface area contributed by atoms with E-state index in [0.717, 1.165) is 25.7 Å². The van der Waals surface area contributed by atoms with Crippen LogP contribution < -0.4 is 0 Å². The number of esters is 1. The van der Waals surface area contributed by atoms with Crippen molar-refractivity contribution in [2.24, 2.45) is 23.2 Å². The van der Waals surface area contributed by atoms with Crippen molar-refractivity contribution >= 4 is 5.97 Å². The molecule has 112 valence electrons. The Bertz CT molecular complexity index is 290. The summed E-state index contributed by atoms with van der Waals surface area (Å²) in [5.74, 6) is 1.40. The predicted octanol–water partition coefficient (Wildman–Crippen LogP) is 3.66. The quantitative estimate of drug-likeness (QED) is 0.662. The molecule has 1 saturated heterocycles. The van der Waals surface area contributed by atoms with E-state index in [9.17, 15) is 4.79 Å². The molecule has 0 amide bonds. The first kappa shape index (κ1) is 16.5. The van der Waals surface area contributed by atoms with Gasteiger partial charge in [0.2, 0.25) is 0 Å². The van der Waals surface area contributed by atoms with Crippen LogP contribution in [-0.2, 0) is 14.3 Å². The van der Waals surface area contributed by atoms with Crippen LogP contribution in [0.15, 0.2) is 0 Å². The zero-order chi connectivity index (χ0) is 14.5. The first-order valence-corrected chi connectivity index (χ1v) is 7.66. The van der Waals surface area contributed by atoms with Gasteiger partial charge in [0.05, 0.1) is 25.7 Å². The maximum Gasteiger partial charge on any atom is 0.314 e. The molecule has 0 aliphatic carbocycles. The number of hydrogen-bond acceptors (Lipinski definition) is 3. The fourth-order valence-electron chi connectivity index (χ4n) is 3.11. The van der Waals surface area contributed by atoms with Crippen LogP contribution >= 0.6 is 0 Å². The Morgan fingerprint density at radius 2 is 1.95 bits per heavy atom. The number of methoxy groups -OCH3 is 1. The lowest BCUT2D eigenvalue weighted by Crippen LogP contribution is -2.41. The Kier molecular flexibility index (Phi) is 6.31. The summed E-state index contributed by atoms with van der Waals surface area (Å²) in [7, 11) is 1.50. The average Bonchev–Trinajstić information content (AvgIpc) is 2.81. The molecule has 0 N–H and O–H groups in total. The van der Waals surface area contributed by atoms with Crippen molar-refractivity contribution < 1.29 is 14.3 Å². The van der Waals surface area contributed by atoms with Crippen LogP contribution in [0.2, 0.25) is 0 Å². The van der Waals surface area contributed by atoms with Crippen LogP contribution in [-0.4, -0.2) is 26.3 Å². The van der Waals surface area contributed by atoms with Crippen molar-refractivity contribution in [1.82, 2.24) is 0 Å². The number of carbonyl (C=O) groups is 1. The van der Waals surface area contributed by atoms with E-state index in [1.165, 1.54) is 7.11 Å². The van der Waals surface area contributed by atoms with Crippen molar-refractivity contribution in [2.75, 3.05) is 20.3 Å². The van der Waals surface area contributed by atoms with E-state index < -0.39 is 5.41 Å². The Balaban J connectivity index is 2.90. The van der Waals surface area contributed by atoms with Gasteiger partial charge in [-0.05, 0) is 24.7 Å². The van der Waals surface area contributed by atoms with E-state index in [1.807, 2.05) is 0 Å². The van der Waals surface area contributed by atoms with Crippen LogP contribution in [0.5, 0.6) is 0 Å². The highest BCUT2D eigenvalue weighted by atomic mass is 16.5. The average molecular weight is 270 g/mol. The van der Waals surface area contributed by atoms with Gasteiger partial charge in [-0.15, -0.1) is 0 Å². The van der Waals surface area contributed by atoms with Crippen molar-refractivity contribution in [3.05, 3.63) is 0 Å². The van der Waals surface area contributed by atoms with E-state index in [-0.39, 0.29) is 5.97 Å². The molecule has 4 unspecified atom stereocenters. The molecule has 1 rings (SSSR count). The summed E-state index contributed by atoms with van der Waals surface area (Å²) >= 11 is 0. The lowest BCUT2D eigenvalue weighted by atomic mass is 9.69. The van der Waals surface area contributed by atoms with Crippen LogP contribution in [0, 0.1) is 23.2 Å². The van der Waals surface area contributed by atoms with Crippen molar-refractivity contribution in [1.29, 1.82) is 0 Å². The summed E-state index contributed by atoms with van der Waals surface area (Å²) in [6, 6.07) is 0. The Morgan fingerprint density at radius 3 is 2.47 bits per heavy atom. The van der Waals surface area contributed by atoms with Gasteiger partial charge in [0, 0.05) is 5.92 Å². The minimum absolute atomic E-state index is 0.0707. The highest BCUT2D eigenvalue weighted by molar-refractivity contribution is 5.77. The Labute approximate surface area is 118 Å². The standard InChI is InChI=1S/C16H30O3/c1-6-12(3)8-14-10-19-11-16(14,15(17)18-5)9-13(4)7-2/h12-14H,6-11H2,1-5H3. The highest BCUT2D eigenvalue weighted by Gasteiger charge is 2.51. The zero-order valence-electron chi connectivity index (χ0n) is 13.2. The topological polar surface area (TPSA) is 35.5 Å². The highest BCUT2D eigenvalue weighted by Crippen LogP contribution is 2.45. The first-order chi connectivity index (χ1) is 9.00. The fourth-order valence-corrected chi connectivity index (χ4v) is 3.11. The van der Waals surface area contributed by atoms with Gasteiger partial charge in [0.15, 0.2) is 0 Å². The van der Waals surface area contributed by atoms with Gasteiger partial charge < -0.3 is 9.47 Å². The molecular weight excluding hydrogens is 240 g/mol. The summed E-state index contributed by atoms with van der Waals surface area (Å²) < 4.78 is 10.8. The molecule has 0 aromatic heterocycles. The van der Waals surface area contributed by atoms with Crippen LogP contribution in [0.1, 0.15) is 53.4 Å². The molecule has 4 atom stereocenters. The van der Waals surface area contributed by atoms with Gasteiger partial charge in [-0.1, -0.05) is 40.5 Å². The molecule has 0 bridgehead atoms. The Hall–Kier alpha value is -0.570. The van der Waals surface area contributed by atoms with Gasteiger partial charge in [0.1, 0.15) is 0 Å². The van der Waals surface area contributed by atoms with Crippen LogP contribution in [0.4, 0.5) is 0 Å². The zero-order valence-corrected chi connectivity index (χ0v) is 13.2. The second-order valence-electron chi connectivity index (χ2n) is 6.33. The lowest BCUT2D eigenvalue weighted by Gasteiger charge is -2.34. The van der Waals surface area contributed by atoms with Crippen molar-refractivity contribution in [3.63, 3.8) is 0 Å². The maximum absolute atomic E-state index is 12.4. The number of hydrogen-bond donors (Lipinski definition) is 0. The third-order valence-corrected chi connectivity index (χ3v) is 4.85. The largest absolute Gasteiger partial charge is 0.469 e. The van der Waals surface area contributed by atoms with Gasteiger partial charge in [0.25, 0.3) is 0 Å². The second kappa shape index (κ2) is 7.28. The monoisotopic (exact) mass is 270 g/mol. The van der Waals surface area contributed by atoms with Gasteiger partial charge in [-0.2, -0.15) is 0 Å². The number of ether oxygens (including phenoxy) is 2. The molecule has 3 heteroatoms. The summed E-state index contributed by atoms with van der Waals surface area (Å²) in [6.07, 6.45) is 4.19. The summed E-state index contributed by atoms with van der Waals surface area (Å²) in [5, 5.41) is 0. The number of carbonyl (C=O) groups excluding carboxylic acids is 1. The minimum Gasteiger partial charge on any atom is -0.469 e. The maximum atomic E-state index is 12.4. The fraction of sp³-hybridized carbons (Fsp3) is 0.938. The molecule has 0 radical (unpaired) electrons. The van der Waals surface area contributed by atoms with E-state index in [2.05, 4.69) is 27.7 Å². The van der Waals surface area contributed by atoms with Crippen LogP contribution in [0.3, 0.4) is 0 Å².